The molecule has 0 fully saturated rings. The topological polar surface area (TPSA) is 53.5 Å². The summed E-state index contributed by atoms with van der Waals surface area (Å²) >= 11 is 0. The minimum absolute atomic E-state index is 0.203. The van der Waals surface area contributed by atoms with Gasteiger partial charge >= 0.3 is 0 Å². The first kappa shape index (κ1) is 12.3. The lowest BCUT2D eigenvalue weighted by Gasteiger charge is -2.06. The van der Waals surface area contributed by atoms with Gasteiger partial charge in [-0.1, -0.05) is 0 Å². The van der Waals surface area contributed by atoms with Crippen LogP contribution in [0.3, 0.4) is 0 Å². The third kappa shape index (κ3) is 2.95. The molecule has 0 N–H and O–H groups in total. The monoisotopic (exact) mass is 246 g/mol. The molecule has 5 nitrogen and oxygen atoms in total. The molecule has 94 valence electrons. The molecular weight excluding hydrogens is 232 g/mol. The van der Waals surface area contributed by atoms with E-state index in [1.54, 1.807) is 44.8 Å². The summed E-state index contributed by atoms with van der Waals surface area (Å²) in [6.45, 7) is 0.203. The Balaban J connectivity index is 2.26. The molecule has 0 bridgehead atoms. The van der Waals surface area contributed by atoms with E-state index in [9.17, 15) is 0 Å². The fourth-order valence-corrected chi connectivity index (χ4v) is 1.45. The van der Waals surface area contributed by atoms with Gasteiger partial charge in [0.15, 0.2) is 6.79 Å². The Morgan fingerprint density at radius 2 is 1.56 bits per heavy atom. The zero-order valence-corrected chi connectivity index (χ0v) is 10.3. The Morgan fingerprint density at radius 3 is 2.17 bits per heavy atom. The van der Waals surface area contributed by atoms with E-state index in [2.05, 4.69) is 9.97 Å². The van der Waals surface area contributed by atoms with Crippen LogP contribution in [0, 0.1) is 0 Å². The molecule has 0 aliphatic heterocycles. The van der Waals surface area contributed by atoms with E-state index < -0.39 is 0 Å². The summed E-state index contributed by atoms with van der Waals surface area (Å²) in [5.74, 6) is 1.43. The normalized spacial score (nSPS) is 10.1. The van der Waals surface area contributed by atoms with Crippen molar-refractivity contribution in [1.82, 2.24) is 9.97 Å². The first-order valence-corrected chi connectivity index (χ1v) is 5.41. The third-order valence-corrected chi connectivity index (χ3v) is 2.30. The highest BCUT2D eigenvalue weighted by Gasteiger charge is 2.04. The van der Waals surface area contributed by atoms with Crippen molar-refractivity contribution >= 4 is 0 Å². The van der Waals surface area contributed by atoms with Crippen LogP contribution in [0.2, 0.25) is 0 Å². The van der Waals surface area contributed by atoms with Gasteiger partial charge in [-0.25, -0.2) is 0 Å². The predicted molar refractivity (Wildman–Crippen MR) is 66.5 cm³/mol. The van der Waals surface area contributed by atoms with Crippen LogP contribution in [0.25, 0.3) is 11.4 Å². The standard InChI is InChI=1S/C13H14N2O3/c1-16-9-18-11-4-6-15-13(8-11)12-7-10(17-2)3-5-14-12/h3-8H,9H2,1-2H3. The van der Waals surface area contributed by atoms with Gasteiger partial charge < -0.3 is 14.2 Å². The Labute approximate surface area is 105 Å². The lowest BCUT2D eigenvalue weighted by molar-refractivity contribution is 0.0511. The molecule has 0 spiro atoms. The summed E-state index contributed by atoms with van der Waals surface area (Å²) in [4.78, 5) is 8.50. The van der Waals surface area contributed by atoms with Crippen molar-refractivity contribution in [2.24, 2.45) is 0 Å². The van der Waals surface area contributed by atoms with E-state index in [1.165, 1.54) is 0 Å². The van der Waals surface area contributed by atoms with E-state index >= 15 is 0 Å². The van der Waals surface area contributed by atoms with Crippen LogP contribution in [-0.4, -0.2) is 31.0 Å². The molecular formula is C13H14N2O3. The molecule has 2 rings (SSSR count). The predicted octanol–water partition coefficient (Wildman–Crippen LogP) is 2.13. The summed E-state index contributed by atoms with van der Waals surface area (Å²) in [6.07, 6.45) is 3.35. The molecule has 0 atom stereocenters. The number of hydrogen-bond acceptors (Lipinski definition) is 5. The molecule has 2 aromatic heterocycles. The van der Waals surface area contributed by atoms with Gasteiger partial charge in [0.25, 0.3) is 0 Å². The number of aromatic nitrogens is 2. The van der Waals surface area contributed by atoms with Crippen LogP contribution in [0.4, 0.5) is 0 Å². The van der Waals surface area contributed by atoms with Crippen molar-refractivity contribution in [3.63, 3.8) is 0 Å². The number of methoxy groups -OCH3 is 2. The Morgan fingerprint density at radius 1 is 0.944 bits per heavy atom. The fraction of sp³-hybridized carbons (Fsp3) is 0.231. The first-order chi connectivity index (χ1) is 8.83. The molecule has 0 radical (unpaired) electrons. The van der Waals surface area contributed by atoms with Crippen LogP contribution in [-0.2, 0) is 4.74 Å². The maximum atomic E-state index is 5.35. The number of pyridine rings is 2. The minimum Gasteiger partial charge on any atom is -0.497 e. The first-order valence-electron chi connectivity index (χ1n) is 5.41. The Hall–Kier alpha value is -2.14. The molecule has 2 heterocycles. The summed E-state index contributed by atoms with van der Waals surface area (Å²) in [7, 11) is 3.19. The lowest BCUT2D eigenvalue weighted by Crippen LogP contribution is -1.99. The summed E-state index contributed by atoms with van der Waals surface area (Å²) in [6, 6.07) is 7.18. The van der Waals surface area contributed by atoms with Crippen LogP contribution < -0.4 is 9.47 Å². The number of ether oxygens (including phenoxy) is 3. The lowest BCUT2D eigenvalue weighted by atomic mass is 10.2. The van der Waals surface area contributed by atoms with E-state index in [4.69, 9.17) is 14.2 Å². The SMILES string of the molecule is COCOc1ccnc(-c2cc(OC)ccn2)c1. The van der Waals surface area contributed by atoms with Crippen molar-refractivity contribution in [2.45, 2.75) is 0 Å². The van der Waals surface area contributed by atoms with E-state index in [0.717, 1.165) is 17.1 Å². The molecule has 0 unspecified atom stereocenters. The van der Waals surface area contributed by atoms with Gasteiger partial charge in [0, 0.05) is 31.6 Å². The highest BCUT2D eigenvalue weighted by molar-refractivity contribution is 5.57. The third-order valence-electron chi connectivity index (χ3n) is 2.30. The van der Waals surface area contributed by atoms with Gasteiger partial charge in [0.1, 0.15) is 11.5 Å². The van der Waals surface area contributed by atoms with Crippen molar-refractivity contribution in [3.8, 4) is 22.9 Å². The largest absolute Gasteiger partial charge is 0.497 e. The zero-order valence-electron chi connectivity index (χ0n) is 10.3. The highest BCUT2D eigenvalue weighted by atomic mass is 16.7. The molecule has 5 heteroatoms. The molecule has 0 aliphatic rings. The number of nitrogens with zero attached hydrogens (tertiary/aromatic N) is 2. The molecule has 2 aromatic rings. The zero-order chi connectivity index (χ0) is 12.8. The van der Waals surface area contributed by atoms with Crippen LogP contribution >= 0.6 is 0 Å². The van der Waals surface area contributed by atoms with Crippen molar-refractivity contribution < 1.29 is 14.2 Å². The van der Waals surface area contributed by atoms with Gasteiger partial charge in [0.05, 0.1) is 18.5 Å². The molecule has 18 heavy (non-hydrogen) atoms. The second kappa shape index (κ2) is 5.97. The van der Waals surface area contributed by atoms with Crippen LogP contribution in [0.15, 0.2) is 36.7 Å². The average molecular weight is 246 g/mol. The minimum atomic E-state index is 0.203. The van der Waals surface area contributed by atoms with Crippen LogP contribution in [0.5, 0.6) is 11.5 Å². The number of hydrogen-bond donors (Lipinski definition) is 0. The van der Waals surface area contributed by atoms with Gasteiger partial charge in [-0.2, -0.15) is 0 Å². The molecule has 0 saturated carbocycles. The van der Waals surface area contributed by atoms with Crippen molar-refractivity contribution in [1.29, 1.82) is 0 Å². The quantitative estimate of drug-likeness (QED) is 0.756. The van der Waals surface area contributed by atoms with E-state index in [-0.39, 0.29) is 6.79 Å². The van der Waals surface area contributed by atoms with Crippen LogP contribution in [0.1, 0.15) is 0 Å². The molecule has 0 saturated heterocycles. The summed E-state index contributed by atoms with van der Waals surface area (Å²) in [5.41, 5.74) is 1.46. The molecule has 0 aromatic carbocycles. The summed E-state index contributed by atoms with van der Waals surface area (Å²) < 4.78 is 15.4. The van der Waals surface area contributed by atoms with E-state index in [0.29, 0.717) is 5.75 Å². The molecule has 0 aliphatic carbocycles. The second-order valence-corrected chi connectivity index (χ2v) is 3.51. The van der Waals surface area contributed by atoms with Gasteiger partial charge in [-0.15, -0.1) is 0 Å². The van der Waals surface area contributed by atoms with Gasteiger partial charge in [0.2, 0.25) is 0 Å². The summed E-state index contributed by atoms with van der Waals surface area (Å²) in [5, 5.41) is 0. The van der Waals surface area contributed by atoms with Gasteiger partial charge in [-0.05, 0) is 12.1 Å². The Bertz CT molecular complexity index is 517. The van der Waals surface area contributed by atoms with Gasteiger partial charge in [-0.3, -0.25) is 9.97 Å². The highest BCUT2D eigenvalue weighted by Crippen LogP contribution is 2.22. The van der Waals surface area contributed by atoms with Crippen molar-refractivity contribution in [3.05, 3.63) is 36.7 Å². The smallest absolute Gasteiger partial charge is 0.188 e. The maximum absolute atomic E-state index is 5.35. The molecule has 0 amide bonds. The number of rotatable bonds is 5. The van der Waals surface area contributed by atoms with Crippen molar-refractivity contribution in [2.75, 3.05) is 21.0 Å². The van der Waals surface area contributed by atoms with E-state index in [1.807, 2.05) is 6.07 Å². The maximum Gasteiger partial charge on any atom is 0.188 e. The average Bonchev–Trinajstić information content (AvgIpc) is 2.45. The Kier molecular flexibility index (Phi) is 4.09. The second-order valence-electron chi connectivity index (χ2n) is 3.51. The fourth-order valence-electron chi connectivity index (χ4n) is 1.45.